The molecule has 1 aromatic heterocycles. The zero-order chi connectivity index (χ0) is 12.0. The Morgan fingerprint density at radius 3 is 2.88 bits per heavy atom. The van der Waals surface area contributed by atoms with Crippen LogP contribution in [0.5, 0.6) is 0 Å². The first kappa shape index (κ1) is 13.2. The van der Waals surface area contributed by atoms with Crippen LogP contribution in [-0.4, -0.2) is 39.7 Å². The number of aromatic nitrogens is 2. The zero-order valence-electron chi connectivity index (χ0n) is 9.93. The molecule has 1 rings (SSSR count). The summed E-state index contributed by atoms with van der Waals surface area (Å²) in [4.78, 5) is 0. The van der Waals surface area contributed by atoms with E-state index >= 15 is 0 Å². The second-order valence-electron chi connectivity index (χ2n) is 3.94. The van der Waals surface area contributed by atoms with Gasteiger partial charge in [-0.25, -0.2) is 0 Å². The molecule has 0 aliphatic heterocycles. The molecule has 0 amide bonds. The average molecular weight is 227 g/mol. The van der Waals surface area contributed by atoms with Crippen molar-refractivity contribution in [3.05, 3.63) is 18.0 Å². The van der Waals surface area contributed by atoms with E-state index in [1.807, 2.05) is 7.05 Å². The number of hydrogen-bond donors (Lipinski definition) is 3. The van der Waals surface area contributed by atoms with Crippen LogP contribution in [0.1, 0.15) is 31.4 Å². The fourth-order valence-electron chi connectivity index (χ4n) is 1.56. The topological polar surface area (TPSA) is 70.3 Å². The fourth-order valence-corrected chi connectivity index (χ4v) is 1.56. The molecule has 1 aromatic rings. The van der Waals surface area contributed by atoms with Crippen molar-refractivity contribution in [3.8, 4) is 0 Å². The van der Waals surface area contributed by atoms with E-state index in [2.05, 4.69) is 17.3 Å². The van der Waals surface area contributed by atoms with Gasteiger partial charge in [-0.2, -0.15) is 5.10 Å². The molecule has 5 nitrogen and oxygen atoms in total. The van der Waals surface area contributed by atoms with Gasteiger partial charge in [0.1, 0.15) is 6.10 Å². The molecule has 0 saturated heterocycles. The second kappa shape index (κ2) is 6.62. The highest BCUT2D eigenvalue weighted by molar-refractivity contribution is 5.09. The lowest BCUT2D eigenvalue weighted by Crippen LogP contribution is -2.23. The van der Waals surface area contributed by atoms with Gasteiger partial charge in [0.05, 0.1) is 12.3 Å². The fraction of sp³-hybridized carbons (Fsp3) is 0.727. The average Bonchev–Trinajstić information content (AvgIpc) is 2.74. The van der Waals surface area contributed by atoms with Crippen molar-refractivity contribution in [2.75, 3.05) is 13.6 Å². The van der Waals surface area contributed by atoms with E-state index in [0.29, 0.717) is 18.5 Å². The maximum atomic E-state index is 9.87. The van der Waals surface area contributed by atoms with Crippen LogP contribution in [0.2, 0.25) is 0 Å². The van der Waals surface area contributed by atoms with E-state index in [1.54, 1.807) is 17.1 Å². The monoisotopic (exact) mass is 227 g/mol. The molecule has 0 fully saturated rings. The van der Waals surface area contributed by atoms with Crippen molar-refractivity contribution in [1.29, 1.82) is 0 Å². The summed E-state index contributed by atoms with van der Waals surface area (Å²) in [5.74, 6) is 0. The quantitative estimate of drug-likeness (QED) is 0.626. The first-order valence-electron chi connectivity index (χ1n) is 5.72. The normalized spacial score (nSPS) is 15.0. The first-order valence-corrected chi connectivity index (χ1v) is 5.72. The Bertz CT molecular complexity index is 301. The van der Waals surface area contributed by atoms with Crippen LogP contribution in [0.3, 0.4) is 0 Å². The lowest BCUT2D eigenvalue weighted by Gasteiger charge is -2.15. The van der Waals surface area contributed by atoms with E-state index < -0.39 is 12.2 Å². The van der Waals surface area contributed by atoms with Crippen LogP contribution in [-0.2, 0) is 6.54 Å². The van der Waals surface area contributed by atoms with Crippen molar-refractivity contribution < 1.29 is 10.2 Å². The van der Waals surface area contributed by atoms with Gasteiger partial charge in [0.15, 0.2) is 0 Å². The Morgan fingerprint density at radius 2 is 2.25 bits per heavy atom. The van der Waals surface area contributed by atoms with Crippen LogP contribution < -0.4 is 5.32 Å². The number of aliphatic hydroxyl groups is 2. The summed E-state index contributed by atoms with van der Waals surface area (Å²) >= 11 is 0. The number of rotatable bonds is 7. The minimum absolute atomic E-state index is 0.524. The number of nitrogens with zero attached hydrogens (tertiary/aromatic N) is 2. The van der Waals surface area contributed by atoms with Crippen molar-refractivity contribution in [2.24, 2.45) is 0 Å². The molecule has 0 aromatic carbocycles. The minimum Gasteiger partial charge on any atom is -0.390 e. The number of aryl methyl sites for hydroxylation is 1. The molecule has 0 saturated carbocycles. The summed E-state index contributed by atoms with van der Waals surface area (Å²) in [7, 11) is 1.82. The highest BCUT2D eigenvalue weighted by atomic mass is 16.3. The third kappa shape index (κ3) is 3.59. The van der Waals surface area contributed by atoms with Crippen LogP contribution in [0.25, 0.3) is 0 Å². The van der Waals surface area contributed by atoms with E-state index in [0.717, 1.165) is 13.0 Å². The summed E-state index contributed by atoms with van der Waals surface area (Å²) in [5.41, 5.74) is 0.678. The summed E-state index contributed by atoms with van der Waals surface area (Å²) in [6, 6.07) is 0. The zero-order valence-corrected chi connectivity index (χ0v) is 9.93. The molecule has 2 unspecified atom stereocenters. The lowest BCUT2D eigenvalue weighted by atomic mass is 10.1. The Kier molecular flexibility index (Phi) is 5.45. The van der Waals surface area contributed by atoms with Crippen LogP contribution >= 0.6 is 0 Å². The summed E-state index contributed by atoms with van der Waals surface area (Å²) in [5, 5.41) is 26.6. The van der Waals surface area contributed by atoms with Crippen molar-refractivity contribution >= 4 is 0 Å². The third-order valence-electron chi connectivity index (χ3n) is 2.50. The maximum absolute atomic E-state index is 9.87. The van der Waals surface area contributed by atoms with E-state index in [4.69, 9.17) is 0 Å². The van der Waals surface area contributed by atoms with Crippen LogP contribution in [0.15, 0.2) is 12.4 Å². The van der Waals surface area contributed by atoms with Gasteiger partial charge in [-0.05, 0) is 26.4 Å². The molecule has 3 N–H and O–H groups in total. The Balaban J connectivity index is 2.53. The van der Waals surface area contributed by atoms with Crippen LogP contribution in [0.4, 0.5) is 0 Å². The van der Waals surface area contributed by atoms with Crippen molar-refractivity contribution in [2.45, 2.75) is 38.5 Å². The number of nitrogens with one attached hydrogen (secondary N) is 1. The van der Waals surface area contributed by atoms with Gasteiger partial charge in [-0.15, -0.1) is 0 Å². The number of hydrogen-bond acceptors (Lipinski definition) is 4. The van der Waals surface area contributed by atoms with Gasteiger partial charge in [0.2, 0.25) is 0 Å². The minimum atomic E-state index is -0.848. The molecule has 0 aliphatic carbocycles. The van der Waals surface area contributed by atoms with Gasteiger partial charge in [-0.1, -0.05) is 6.92 Å². The molecular formula is C11H21N3O2. The van der Waals surface area contributed by atoms with Gasteiger partial charge in [-0.3, -0.25) is 4.68 Å². The van der Waals surface area contributed by atoms with Gasteiger partial charge >= 0.3 is 0 Å². The molecule has 2 atom stereocenters. The molecule has 1 heterocycles. The van der Waals surface area contributed by atoms with E-state index in [9.17, 15) is 10.2 Å². The Hall–Kier alpha value is -0.910. The highest BCUT2D eigenvalue weighted by Gasteiger charge is 2.19. The predicted molar refractivity (Wildman–Crippen MR) is 62.0 cm³/mol. The predicted octanol–water partition coefficient (Wildman–Crippen LogP) is 0.297. The van der Waals surface area contributed by atoms with Crippen LogP contribution in [0, 0.1) is 0 Å². The highest BCUT2D eigenvalue weighted by Crippen LogP contribution is 2.17. The molecular weight excluding hydrogens is 206 g/mol. The first-order chi connectivity index (χ1) is 7.69. The summed E-state index contributed by atoms with van der Waals surface area (Å²) in [6.07, 6.45) is 3.33. The lowest BCUT2D eigenvalue weighted by molar-refractivity contribution is 0.0140. The second-order valence-corrected chi connectivity index (χ2v) is 3.94. The molecule has 0 aliphatic rings. The van der Waals surface area contributed by atoms with E-state index in [1.165, 1.54) is 0 Å². The standard InChI is InChI=1S/C11H21N3O2/c1-3-6-14-8-9(7-13-14)11(16)10(15)4-5-12-2/h7-8,10-12,15-16H,3-6H2,1-2H3. The molecule has 0 spiro atoms. The SMILES string of the molecule is CCCn1cc(C(O)C(O)CCNC)cn1. The number of aliphatic hydroxyl groups excluding tert-OH is 2. The Morgan fingerprint density at radius 1 is 1.50 bits per heavy atom. The van der Waals surface area contributed by atoms with Gasteiger partial charge in [0, 0.05) is 18.3 Å². The van der Waals surface area contributed by atoms with Crippen molar-refractivity contribution in [1.82, 2.24) is 15.1 Å². The molecule has 92 valence electrons. The van der Waals surface area contributed by atoms with Crippen molar-refractivity contribution in [3.63, 3.8) is 0 Å². The van der Waals surface area contributed by atoms with E-state index in [-0.39, 0.29) is 0 Å². The van der Waals surface area contributed by atoms with Gasteiger partial charge in [0.25, 0.3) is 0 Å². The summed E-state index contributed by atoms with van der Waals surface area (Å²) in [6.45, 7) is 3.58. The summed E-state index contributed by atoms with van der Waals surface area (Å²) < 4.78 is 1.78. The largest absolute Gasteiger partial charge is 0.390 e. The molecule has 0 bridgehead atoms. The third-order valence-corrected chi connectivity index (χ3v) is 2.50. The maximum Gasteiger partial charge on any atom is 0.108 e. The Labute approximate surface area is 96.1 Å². The molecule has 5 heteroatoms. The smallest absolute Gasteiger partial charge is 0.108 e. The van der Waals surface area contributed by atoms with Gasteiger partial charge < -0.3 is 15.5 Å². The molecule has 0 radical (unpaired) electrons. The molecule has 16 heavy (non-hydrogen) atoms.